The van der Waals surface area contributed by atoms with Gasteiger partial charge in [0.25, 0.3) is 0 Å². The summed E-state index contributed by atoms with van der Waals surface area (Å²) in [6, 6.07) is 6.26. The summed E-state index contributed by atoms with van der Waals surface area (Å²) in [6.07, 6.45) is 3.58. The Hall–Kier alpha value is -1.30. The minimum absolute atomic E-state index is 0.268. The average molecular weight is 308 g/mol. The van der Waals surface area contributed by atoms with Gasteiger partial charge in [0.15, 0.2) is 11.5 Å². The molecule has 1 unspecified atom stereocenters. The van der Waals surface area contributed by atoms with E-state index in [0.29, 0.717) is 6.04 Å². The molecule has 0 aromatic heterocycles. The van der Waals surface area contributed by atoms with Crippen molar-refractivity contribution in [2.24, 2.45) is 0 Å². The molecule has 0 bridgehead atoms. The van der Waals surface area contributed by atoms with Gasteiger partial charge in [-0.3, -0.25) is 4.90 Å². The molecule has 124 valence electrons. The predicted molar refractivity (Wildman–Crippen MR) is 87.6 cm³/mol. The van der Waals surface area contributed by atoms with Crippen LogP contribution in [0.25, 0.3) is 0 Å². The number of benzene rings is 1. The molecule has 0 aliphatic carbocycles. The largest absolute Gasteiger partial charge is 0.493 e. The van der Waals surface area contributed by atoms with Crippen LogP contribution in [0.15, 0.2) is 18.2 Å². The Morgan fingerprint density at radius 3 is 2.86 bits per heavy atom. The van der Waals surface area contributed by atoms with Crippen molar-refractivity contribution in [2.45, 2.75) is 31.8 Å². The number of aliphatic hydroxyl groups excluding tert-OH is 1. The van der Waals surface area contributed by atoms with Crippen molar-refractivity contribution in [3.05, 3.63) is 23.8 Å². The van der Waals surface area contributed by atoms with Gasteiger partial charge in [0.1, 0.15) is 0 Å². The molecular weight excluding hydrogens is 280 g/mol. The summed E-state index contributed by atoms with van der Waals surface area (Å²) in [4.78, 5) is 2.39. The molecule has 5 nitrogen and oxygen atoms in total. The first kappa shape index (κ1) is 17.1. The Morgan fingerprint density at radius 1 is 1.27 bits per heavy atom. The van der Waals surface area contributed by atoms with Crippen molar-refractivity contribution in [1.29, 1.82) is 0 Å². The Kier molecular flexibility index (Phi) is 6.96. The first-order valence-corrected chi connectivity index (χ1v) is 8.05. The molecule has 1 aliphatic heterocycles. The van der Waals surface area contributed by atoms with Crippen LogP contribution in [0.5, 0.6) is 11.5 Å². The summed E-state index contributed by atoms with van der Waals surface area (Å²) in [6.45, 7) is 3.98. The Balaban J connectivity index is 1.81. The molecule has 0 saturated carbocycles. The molecule has 2 rings (SSSR count). The Bertz CT molecular complexity index is 454. The van der Waals surface area contributed by atoms with Gasteiger partial charge in [-0.05, 0) is 25.5 Å². The Morgan fingerprint density at radius 2 is 2.14 bits per heavy atom. The van der Waals surface area contributed by atoms with E-state index in [0.717, 1.165) is 49.7 Å². The van der Waals surface area contributed by atoms with Gasteiger partial charge in [0.2, 0.25) is 0 Å². The second kappa shape index (κ2) is 8.98. The minimum atomic E-state index is 0.268. The molecule has 22 heavy (non-hydrogen) atoms. The summed E-state index contributed by atoms with van der Waals surface area (Å²) in [5.74, 6) is 1.56. The summed E-state index contributed by atoms with van der Waals surface area (Å²) in [7, 11) is 3.32. The standard InChI is InChI=1S/C17H28N2O3/c1-21-16-8-5-6-14(17(16)22-2)12-18-9-11-19-10-4-3-7-15(19)13-20/h5-6,8,15,18,20H,3-4,7,9-13H2,1-2H3. The molecule has 1 atom stereocenters. The highest BCUT2D eigenvalue weighted by Crippen LogP contribution is 2.30. The summed E-state index contributed by atoms with van der Waals surface area (Å²) < 4.78 is 10.8. The highest BCUT2D eigenvalue weighted by molar-refractivity contribution is 5.46. The van der Waals surface area contributed by atoms with E-state index in [1.54, 1.807) is 14.2 Å². The van der Waals surface area contributed by atoms with E-state index >= 15 is 0 Å². The monoisotopic (exact) mass is 308 g/mol. The molecule has 0 radical (unpaired) electrons. The first-order valence-electron chi connectivity index (χ1n) is 8.05. The number of para-hydroxylation sites is 1. The van der Waals surface area contributed by atoms with Crippen molar-refractivity contribution < 1.29 is 14.6 Å². The molecule has 1 aromatic rings. The zero-order valence-corrected chi connectivity index (χ0v) is 13.7. The fourth-order valence-corrected chi connectivity index (χ4v) is 3.10. The van der Waals surface area contributed by atoms with Gasteiger partial charge in [-0.25, -0.2) is 0 Å². The molecule has 5 heteroatoms. The number of nitrogens with one attached hydrogen (secondary N) is 1. The number of nitrogens with zero attached hydrogens (tertiary/aromatic N) is 1. The summed E-state index contributed by atoms with van der Waals surface area (Å²) in [5, 5.41) is 12.9. The third-order valence-corrected chi connectivity index (χ3v) is 4.34. The summed E-state index contributed by atoms with van der Waals surface area (Å²) in [5.41, 5.74) is 1.10. The maximum Gasteiger partial charge on any atom is 0.165 e. The Labute approximate surface area is 133 Å². The molecular formula is C17H28N2O3. The van der Waals surface area contributed by atoms with Crippen molar-refractivity contribution in [2.75, 3.05) is 40.5 Å². The molecule has 1 fully saturated rings. The van der Waals surface area contributed by atoms with Crippen LogP contribution in [0.2, 0.25) is 0 Å². The van der Waals surface area contributed by atoms with E-state index in [2.05, 4.69) is 10.2 Å². The highest BCUT2D eigenvalue weighted by Gasteiger charge is 2.20. The van der Waals surface area contributed by atoms with Crippen LogP contribution in [-0.2, 0) is 6.54 Å². The van der Waals surface area contributed by atoms with Crippen LogP contribution in [0.3, 0.4) is 0 Å². The maximum absolute atomic E-state index is 9.43. The smallest absolute Gasteiger partial charge is 0.165 e. The molecule has 1 aliphatic rings. The van der Waals surface area contributed by atoms with Crippen LogP contribution in [-0.4, -0.2) is 56.5 Å². The number of ether oxygens (including phenoxy) is 2. The average Bonchev–Trinajstić information content (AvgIpc) is 2.58. The van der Waals surface area contributed by atoms with Crippen molar-refractivity contribution >= 4 is 0 Å². The number of aliphatic hydroxyl groups is 1. The molecule has 1 saturated heterocycles. The quantitative estimate of drug-likeness (QED) is 0.715. The number of methoxy groups -OCH3 is 2. The van der Waals surface area contributed by atoms with Crippen LogP contribution in [0.1, 0.15) is 24.8 Å². The number of hydrogen-bond acceptors (Lipinski definition) is 5. The zero-order chi connectivity index (χ0) is 15.8. The second-order valence-corrected chi connectivity index (χ2v) is 5.70. The van der Waals surface area contributed by atoms with Crippen molar-refractivity contribution in [3.8, 4) is 11.5 Å². The number of hydrogen-bond donors (Lipinski definition) is 2. The lowest BCUT2D eigenvalue weighted by Crippen LogP contribution is -2.44. The fourth-order valence-electron chi connectivity index (χ4n) is 3.10. The van der Waals surface area contributed by atoms with E-state index in [9.17, 15) is 5.11 Å². The number of likely N-dealkylation sites (tertiary alicyclic amines) is 1. The lowest BCUT2D eigenvalue weighted by atomic mass is 10.0. The first-order chi connectivity index (χ1) is 10.8. The van der Waals surface area contributed by atoms with E-state index in [4.69, 9.17) is 9.47 Å². The molecule has 0 spiro atoms. The lowest BCUT2D eigenvalue weighted by molar-refractivity contribution is 0.0910. The predicted octanol–water partition coefficient (Wildman–Crippen LogP) is 1.64. The third-order valence-electron chi connectivity index (χ3n) is 4.34. The van der Waals surface area contributed by atoms with Crippen molar-refractivity contribution in [3.63, 3.8) is 0 Å². The van der Waals surface area contributed by atoms with Gasteiger partial charge in [0, 0.05) is 31.2 Å². The number of rotatable bonds is 8. The van der Waals surface area contributed by atoms with E-state index < -0.39 is 0 Å². The summed E-state index contributed by atoms with van der Waals surface area (Å²) >= 11 is 0. The van der Waals surface area contributed by atoms with E-state index in [1.165, 1.54) is 12.8 Å². The van der Waals surface area contributed by atoms with Gasteiger partial charge >= 0.3 is 0 Å². The SMILES string of the molecule is COc1cccc(CNCCN2CCCCC2CO)c1OC. The normalized spacial score (nSPS) is 19.1. The molecule has 1 heterocycles. The molecule has 1 aromatic carbocycles. The van der Waals surface area contributed by atoms with Gasteiger partial charge in [0.05, 0.1) is 20.8 Å². The van der Waals surface area contributed by atoms with Crippen LogP contribution in [0.4, 0.5) is 0 Å². The van der Waals surface area contributed by atoms with Crippen molar-refractivity contribution in [1.82, 2.24) is 10.2 Å². The number of piperidine rings is 1. The fraction of sp³-hybridized carbons (Fsp3) is 0.647. The molecule has 0 amide bonds. The second-order valence-electron chi connectivity index (χ2n) is 5.70. The van der Waals surface area contributed by atoms with Crippen LogP contribution in [0, 0.1) is 0 Å². The maximum atomic E-state index is 9.43. The van der Waals surface area contributed by atoms with Crippen LogP contribution >= 0.6 is 0 Å². The lowest BCUT2D eigenvalue weighted by Gasteiger charge is -2.34. The van der Waals surface area contributed by atoms with E-state index in [-0.39, 0.29) is 6.61 Å². The third kappa shape index (κ3) is 4.35. The van der Waals surface area contributed by atoms with Crippen LogP contribution < -0.4 is 14.8 Å². The topological polar surface area (TPSA) is 54.0 Å². The van der Waals surface area contributed by atoms with Gasteiger partial charge in [-0.1, -0.05) is 18.6 Å². The zero-order valence-electron chi connectivity index (χ0n) is 13.7. The minimum Gasteiger partial charge on any atom is -0.493 e. The highest BCUT2D eigenvalue weighted by atomic mass is 16.5. The molecule has 2 N–H and O–H groups in total. The van der Waals surface area contributed by atoms with E-state index in [1.807, 2.05) is 18.2 Å². The van der Waals surface area contributed by atoms with Gasteiger partial charge in [-0.2, -0.15) is 0 Å². The van der Waals surface area contributed by atoms with Gasteiger partial charge in [-0.15, -0.1) is 0 Å². The van der Waals surface area contributed by atoms with Gasteiger partial charge < -0.3 is 19.9 Å².